The minimum absolute atomic E-state index is 0.0166. The van der Waals surface area contributed by atoms with Crippen LogP contribution < -0.4 is 5.32 Å². The highest BCUT2D eigenvalue weighted by Gasteiger charge is 2.40. The number of methoxy groups -OCH3 is 1. The molecule has 220 valence electrons. The lowest BCUT2D eigenvalue weighted by Crippen LogP contribution is -2.39. The predicted octanol–water partition coefficient (Wildman–Crippen LogP) is 6.15. The molecule has 39 heavy (non-hydrogen) atoms. The Balaban J connectivity index is 1.66. The Morgan fingerprint density at radius 1 is 1.03 bits per heavy atom. The fraction of sp³-hybridized carbons (Fsp3) is 0.758. The van der Waals surface area contributed by atoms with Crippen LogP contribution in [0.25, 0.3) is 0 Å². The van der Waals surface area contributed by atoms with Crippen molar-refractivity contribution in [2.45, 2.75) is 103 Å². The van der Waals surface area contributed by atoms with Gasteiger partial charge in [-0.15, -0.1) is 0 Å². The van der Waals surface area contributed by atoms with Crippen molar-refractivity contribution in [2.75, 3.05) is 33.5 Å². The number of benzene rings is 1. The Morgan fingerprint density at radius 2 is 1.79 bits per heavy atom. The van der Waals surface area contributed by atoms with E-state index in [0.717, 1.165) is 38.6 Å². The maximum absolute atomic E-state index is 13.6. The molecule has 0 aliphatic heterocycles. The molecular formula is C33H53NO5. The lowest BCUT2D eigenvalue weighted by atomic mass is 9.70. The standard InChI is InChI=1S/C33H53NO5/c1-33(2,3)34-19-18-31(35)30-23-26(14-16-27-12-8-9-13-29(27)30)22-28(17-15-25-10-6-5-7-11-25)39-32(36)24-38-21-20-37-4/h5-7,10-11,26-30,34H,8-9,12-24H2,1-4H3/t26?,27-,28+,29-,30+/m1/s1. The molecule has 1 aromatic carbocycles. The highest BCUT2D eigenvalue weighted by atomic mass is 16.6. The monoisotopic (exact) mass is 543 g/mol. The van der Waals surface area contributed by atoms with Gasteiger partial charge < -0.3 is 19.5 Å². The minimum Gasteiger partial charge on any atom is -0.461 e. The highest BCUT2D eigenvalue weighted by molar-refractivity contribution is 5.81. The molecule has 6 nitrogen and oxygen atoms in total. The molecule has 0 radical (unpaired) electrons. The Morgan fingerprint density at radius 3 is 2.54 bits per heavy atom. The number of aryl methyl sites for hydroxylation is 1. The second kappa shape index (κ2) is 16.5. The first-order valence-electron chi connectivity index (χ1n) is 15.3. The third kappa shape index (κ3) is 11.7. The van der Waals surface area contributed by atoms with Gasteiger partial charge in [0, 0.05) is 31.5 Å². The van der Waals surface area contributed by atoms with Crippen molar-refractivity contribution >= 4 is 11.8 Å². The summed E-state index contributed by atoms with van der Waals surface area (Å²) in [6, 6.07) is 10.4. The zero-order valence-electron chi connectivity index (χ0n) is 24.9. The van der Waals surface area contributed by atoms with Crippen LogP contribution in [0.3, 0.4) is 0 Å². The summed E-state index contributed by atoms with van der Waals surface area (Å²) in [5.41, 5.74) is 1.27. The number of carbonyl (C=O) groups is 2. The van der Waals surface area contributed by atoms with Crippen LogP contribution in [0.4, 0.5) is 0 Å². The number of Topliss-reactive ketones (excluding diaryl/α,β-unsaturated/α-hetero) is 1. The number of esters is 1. The first-order valence-corrected chi connectivity index (χ1v) is 15.3. The zero-order chi connectivity index (χ0) is 28.1. The molecule has 2 saturated carbocycles. The zero-order valence-corrected chi connectivity index (χ0v) is 24.9. The van der Waals surface area contributed by atoms with E-state index in [-0.39, 0.29) is 30.1 Å². The van der Waals surface area contributed by atoms with Crippen molar-refractivity contribution in [2.24, 2.45) is 23.7 Å². The van der Waals surface area contributed by atoms with Gasteiger partial charge in [0.25, 0.3) is 0 Å². The quantitative estimate of drug-likeness (QED) is 0.211. The Labute approximate surface area is 236 Å². The number of hydrogen-bond acceptors (Lipinski definition) is 6. The largest absolute Gasteiger partial charge is 0.461 e. The smallest absolute Gasteiger partial charge is 0.332 e. The fourth-order valence-corrected chi connectivity index (χ4v) is 6.64. The van der Waals surface area contributed by atoms with Gasteiger partial charge in [-0.05, 0) is 82.6 Å². The van der Waals surface area contributed by atoms with Gasteiger partial charge in [-0.1, -0.05) is 56.0 Å². The second-order valence-corrected chi connectivity index (χ2v) is 12.8. The van der Waals surface area contributed by atoms with Gasteiger partial charge >= 0.3 is 5.97 Å². The van der Waals surface area contributed by atoms with Crippen molar-refractivity contribution in [3.63, 3.8) is 0 Å². The van der Waals surface area contributed by atoms with Crippen molar-refractivity contribution in [1.29, 1.82) is 0 Å². The molecule has 1 unspecified atom stereocenters. The van der Waals surface area contributed by atoms with E-state index in [0.29, 0.717) is 43.2 Å². The fourth-order valence-electron chi connectivity index (χ4n) is 6.64. The normalized spacial score (nSPS) is 24.4. The van der Waals surface area contributed by atoms with Crippen LogP contribution in [0.15, 0.2) is 30.3 Å². The number of carbonyl (C=O) groups excluding carboxylic acids is 2. The summed E-state index contributed by atoms with van der Waals surface area (Å²) in [7, 11) is 1.61. The van der Waals surface area contributed by atoms with Gasteiger partial charge in [-0.2, -0.15) is 0 Å². The molecule has 2 fully saturated rings. The molecule has 2 aliphatic carbocycles. The summed E-state index contributed by atoms with van der Waals surface area (Å²) in [4.78, 5) is 26.3. The number of fused-ring (bicyclic) bond motifs is 1. The summed E-state index contributed by atoms with van der Waals surface area (Å²) in [5.74, 6) is 1.82. The Bertz CT molecular complexity index is 851. The second-order valence-electron chi connectivity index (χ2n) is 12.8. The van der Waals surface area contributed by atoms with E-state index in [1.165, 1.54) is 37.7 Å². The topological polar surface area (TPSA) is 73.9 Å². The molecule has 0 bridgehead atoms. The molecule has 0 heterocycles. The van der Waals surface area contributed by atoms with Gasteiger partial charge in [-0.25, -0.2) is 4.79 Å². The predicted molar refractivity (Wildman–Crippen MR) is 156 cm³/mol. The molecule has 1 N–H and O–H groups in total. The molecule has 3 rings (SSSR count). The Hall–Kier alpha value is -1.76. The van der Waals surface area contributed by atoms with E-state index in [2.05, 4.69) is 50.4 Å². The highest BCUT2D eigenvalue weighted by Crippen LogP contribution is 2.46. The van der Waals surface area contributed by atoms with E-state index in [4.69, 9.17) is 14.2 Å². The van der Waals surface area contributed by atoms with Crippen molar-refractivity contribution in [3.8, 4) is 0 Å². The van der Waals surface area contributed by atoms with Gasteiger partial charge in [0.15, 0.2) is 0 Å². The van der Waals surface area contributed by atoms with Crippen LogP contribution in [0.1, 0.15) is 90.5 Å². The lowest BCUT2D eigenvalue weighted by molar-refractivity contribution is -0.156. The lowest BCUT2D eigenvalue weighted by Gasteiger charge is -2.35. The van der Waals surface area contributed by atoms with E-state index in [1.54, 1.807) is 7.11 Å². The first-order chi connectivity index (χ1) is 18.7. The number of hydrogen-bond donors (Lipinski definition) is 1. The van der Waals surface area contributed by atoms with Crippen molar-refractivity contribution < 1.29 is 23.8 Å². The van der Waals surface area contributed by atoms with Gasteiger partial charge in [0.1, 0.15) is 18.5 Å². The summed E-state index contributed by atoms with van der Waals surface area (Å²) >= 11 is 0. The summed E-state index contributed by atoms with van der Waals surface area (Å²) < 4.78 is 16.5. The van der Waals surface area contributed by atoms with Crippen LogP contribution in [-0.2, 0) is 30.2 Å². The van der Waals surface area contributed by atoms with Gasteiger partial charge in [-0.3, -0.25) is 4.79 Å². The number of ketones is 1. The maximum atomic E-state index is 13.6. The number of rotatable bonds is 15. The number of ether oxygens (including phenoxy) is 3. The van der Waals surface area contributed by atoms with Crippen LogP contribution in [0.2, 0.25) is 0 Å². The molecule has 2 aliphatic rings. The van der Waals surface area contributed by atoms with Gasteiger partial charge in [0.05, 0.1) is 13.2 Å². The first kappa shape index (κ1) is 31.8. The average Bonchev–Trinajstić information content (AvgIpc) is 3.09. The summed E-state index contributed by atoms with van der Waals surface area (Å²) in [5, 5.41) is 3.50. The molecule has 6 heteroatoms. The molecule has 5 atom stereocenters. The third-order valence-electron chi connectivity index (χ3n) is 8.60. The van der Waals surface area contributed by atoms with E-state index < -0.39 is 0 Å². The average molecular weight is 544 g/mol. The summed E-state index contributed by atoms with van der Waals surface area (Å²) in [6.07, 6.45) is 11.1. The van der Waals surface area contributed by atoms with E-state index >= 15 is 0 Å². The minimum atomic E-state index is -0.313. The van der Waals surface area contributed by atoms with Crippen LogP contribution in [-0.4, -0.2) is 56.9 Å². The maximum Gasteiger partial charge on any atom is 0.332 e. The Kier molecular flexibility index (Phi) is 13.4. The SMILES string of the molecule is COCCOCC(=O)O[C@@H](CCc1ccccc1)CC1CC[C@H]2CCCC[C@H]2[C@@H](C(=O)CCNC(C)(C)C)C1. The summed E-state index contributed by atoms with van der Waals surface area (Å²) in [6.45, 7) is 7.96. The van der Waals surface area contributed by atoms with Gasteiger partial charge in [0.2, 0.25) is 0 Å². The van der Waals surface area contributed by atoms with E-state index in [9.17, 15) is 9.59 Å². The van der Waals surface area contributed by atoms with Crippen LogP contribution >= 0.6 is 0 Å². The van der Waals surface area contributed by atoms with Crippen LogP contribution in [0, 0.1) is 23.7 Å². The van der Waals surface area contributed by atoms with Crippen LogP contribution in [0.5, 0.6) is 0 Å². The molecule has 0 saturated heterocycles. The number of nitrogens with one attached hydrogen (secondary N) is 1. The molecule has 0 aromatic heterocycles. The van der Waals surface area contributed by atoms with E-state index in [1.807, 2.05) is 6.07 Å². The van der Waals surface area contributed by atoms with Crippen molar-refractivity contribution in [3.05, 3.63) is 35.9 Å². The molecule has 1 aromatic rings. The molecular weight excluding hydrogens is 490 g/mol. The third-order valence-corrected chi connectivity index (χ3v) is 8.60. The van der Waals surface area contributed by atoms with Crippen molar-refractivity contribution in [1.82, 2.24) is 5.32 Å². The molecule has 0 spiro atoms. The molecule has 0 amide bonds.